The number of hydrogen-bond donors (Lipinski definition) is 1. The van der Waals surface area contributed by atoms with Gasteiger partial charge >= 0.3 is 0 Å². The minimum atomic E-state index is -0.218. The number of anilines is 1. The van der Waals surface area contributed by atoms with Gasteiger partial charge in [0.2, 0.25) is 5.91 Å². The largest absolute Gasteiger partial charge is 0.495 e. The molecule has 1 aromatic rings. The number of nitrogens with one attached hydrogen (secondary N) is 1. The Morgan fingerprint density at radius 3 is 2.83 bits per heavy atom. The van der Waals surface area contributed by atoms with Crippen LogP contribution in [0.4, 0.5) is 5.69 Å². The molecule has 1 atom stereocenters. The van der Waals surface area contributed by atoms with Crippen LogP contribution in [0.25, 0.3) is 0 Å². The second-order valence-electron chi connectivity index (χ2n) is 4.07. The number of carbonyl (C=O) groups is 1. The summed E-state index contributed by atoms with van der Waals surface area (Å²) in [6, 6.07) is 9.38. The highest BCUT2D eigenvalue weighted by Crippen LogP contribution is 2.23. The van der Waals surface area contributed by atoms with Crippen molar-refractivity contribution >= 4 is 11.6 Å². The maximum atomic E-state index is 11.8. The number of hydrogen-bond acceptors (Lipinski definition) is 3. The van der Waals surface area contributed by atoms with Gasteiger partial charge in [-0.05, 0) is 18.6 Å². The van der Waals surface area contributed by atoms with Crippen molar-refractivity contribution in [1.29, 1.82) is 5.26 Å². The van der Waals surface area contributed by atoms with Crippen LogP contribution in [0.5, 0.6) is 5.75 Å². The summed E-state index contributed by atoms with van der Waals surface area (Å²) in [7, 11) is 1.56. The Bertz CT molecular complexity index is 438. The second kappa shape index (κ2) is 7.33. The summed E-state index contributed by atoms with van der Waals surface area (Å²) in [6.45, 7) is 2.00. The fourth-order valence-corrected chi connectivity index (χ4v) is 1.73. The molecule has 1 unspecified atom stereocenters. The normalized spacial score (nSPS) is 11.4. The van der Waals surface area contributed by atoms with Crippen LogP contribution in [0.1, 0.15) is 26.2 Å². The summed E-state index contributed by atoms with van der Waals surface area (Å²) < 4.78 is 5.15. The number of benzene rings is 1. The van der Waals surface area contributed by atoms with E-state index in [-0.39, 0.29) is 18.2 Å². The van der Waals surface area contributed by atoms with Crippen LogP contribution >= 0.6 is 0 Å². The van der Waals surface area contributed by atoms with E-state index in [0.29, 0.717) is 11.4 Å². The second-order valence-corrected chi connectivity index (χ2v) is 4.07. The lowest BCUT2D eigenvalue weighted by atomic mass is 10.0. The predicted molar refractivity (Wildman–Crippen MR) is 70.3 cm³/mol. The first-order valence-corrected chi connectivity index (χ1v) is 6.03. The molecule has 0 saturated carbocycles. The molecule has 4 heteroatoms. The third-order valence-corrected chi connectivity index (χ3v) is 2.63. The highest BCUT2D eigenvalue weighted by molar-refractivity contribution is 5.92. The Morgan fingerprint density at radius 1 is 1.50 bits per heavy atom. The maximum absolute atomic E-state index is 11.8. The number of rotatable bonds is 6. The summed E-state index contributed by atoms with van der Waals surface area (Å²) in [5.41, 5.74) is 0.637. The van der Waals surface area contributed by atoms with E-state index in [1.165, 1.54) is 0 Å². The van der Waals surface area contributed by atoms with Gasteiger partial charge in [0.25, 0.3) is 0 Å². The van der Waals surface area contributed by atoms with Crippen LogP contribution < -0.4 is 10.1 Å². The molecule has 1 rings (SSSR count). The first kappa shape index (κ1) is 14.0. The van der Waals surface area contributed by atoms with Gasteiger partial charge < -0.3 is 10.1 Å². The molecule has 0 saturated heterocycles. The molecule has 0 heterocycles. The zero-order chi connectivity index (χ0) is 13.4. The van der Waals surface area contributed by atoms with Crippen molar-refractivity contribution in [3.05, 3.63) is 24.3 Å². The molecule has 0 aliphatic heterocycles. The molecule has 0 fully saturated rings. The minimum absolute atomic E-state index is 0.153. The highest BCUT2D eigenvalue weighted by atomic mass is 16.5. The fraction of sp³-hybridized carbons (Fsp3) is 0.429. The van der Waals surface area contributed by atoms with Crippen LogP contribution in [0.15, 0.2) is 24.3 Å². The Labute approximate surface area is 108 Å². The summed E-state index contributed by atoms with van der Waals surface area (Å²) in [5, 5.41) is 11.7. The Kier molecular flexibility index (Phi) is 5.72. The van der Waals surface area contributed by atoms with E-state index in [1.54, 1.807) is 19.2 Å². The van der Waals surface area contributed by atoms with Crippen LogP contribution in [-0.4, -0.2) is 13.0 Å². The van der Waals surface area contributed by atoms with Crippen molar-refractivity contribution in [2.75, 3.05) is 12.4 Å². The molecule has 0 aliphatic rings. The van der Waals surface area contributed by atoms with Gasteiger partial charge in [0.05, 0.1) is 24.8 Å². The van der Waals surface area contributed by atoms with E-state index in [4.69, 9.17) is 10.00 Å². The molecule has 4 nitrogen and oxygen atoms in total. The van der Waals surface area contributed by atoms with Gasteiger partial charge in [0.15, 0.2) is 0 Å². The molecule has 18 heavy (non-hydrogen) atoms. The summed E-state index contributed by atoms with van der Waals surface area (Å²) in [6.07, 6.45) is 1.87. The van der Waals surface area contributed by atoms with Crippen molar-refractivity contribution in [3.8, 4) is 11.8 Å². The van der Waals surface area contributed by atoms with Gasteiger partial charge in [-0.25, -0.2) is 0 Å². The number of carbonyl (C=O) groups excluding carboxylic acids is 1. The van der Waals surface area contributed by atoms with E-state index in [1.807, 2.05) is 19.1 Å². The smallest absolute Gasteiger partial charge is 0.225 e. The zero-order valence-electron chi connectivity index (χ0n) is 10.8. The third-order valence-electron chi connectivity index (χ3n) is 2.63. The van der Waals surface area contributed by atoms with Crippen molar-refractivity contribution in [2.24, 2.45) is 5.92 Å². The van der Waals surface area contributed by atoms with Gasteiger partial charge in [0.1, 0.15) is 5.75 Å². The molecular weight excluding hydrogens is 228 g/mol. The molecule has 0 aromatic heterocycles. The first-order valence-electron chi connectivity index (χ1n) is 6.03. The topological polar surface area (TPSA) is 62.1 Å². The number of nitriles is 1. The molecule has 1 amide bonds. The van der Waals surface area contributed by atoms with Gasteiger partial charge in [-0.1, -0.05) is 25.5 Å². The van der Waals surface area contributed by atoms with Crippen molar-refractivity contribution in [3.63, 3.8) is 0 Å². The number of amides is 1. The maximum Gasteiger partial charge on any atom is 0.225 e. The lowest BCUT2D eigenvalue weighted by molar-refractivity contribution is -0.116. The van der Waals surface area contributed by atoms with Crippen LogP contribution in [-0.2, 0) is 4.79 Å². The van der Waals surface area contributed by atoms with Crippen LogP contribution in [0, 0.1) is 17.2 Å². The number of para-hydroxylation sites is 2. The molecule has 96 valence electrons. The first-order chi connectivity index (χ1) is 8.71. The third kappa shape index (κ3) is 4.10. The Morgan fingerprint density at radius 2 is 2.22 bits per heavy atom. The zero-order valence-corrected chi connectivity index (χ0v) is 10.8. The summed E-state index contributed by atoms with van der Waals surface area (Å²) in [5.74, 6) is 0.249. The average Bonchev–Trinajstić information content (AvgIpc) is 2.38. The number of methoxy groups -OCH3 is 1. The van der Waals surface area contributed by atoms with E-state index in [9.17, 15) is 4.79 Å². The lowest BCUT2D eigenvalue weighted by Crippen LogP contribution is -2.16. The van der Waals surface area contributed by atoms with Crippen LogP contribution in [0.2, 0.25) is 0 Å². The summed E-state index contributed by atoms with van der Waals surface area (Å²) in [4.78, 5) is 11.8. The van der Waals surface area contributed by atoms with E-state index >= 15 is 0 Å². The molecule has 0 bridgehead atoms. The van der Waals surface area contributed by atoms with Gasteiger partial charge in [-0.2, -0.15) is 5.26 Å². The van der Waals surface area contributed by atoms with Gasteiger partial charge in [-0.3, -0.25) is 4.79 Å². The van der Waals surface area contributed by atoms with E-state index in [2.05, 4.69) is 11.4 Å². The average molecular weight is 246 g/mol. The van der Waals surface area contributed by atoms with Crippen molar-refractivity contribution < 1.29 is 9.53 Å². The van der Waals surface area contributed by atoms with Gasteiger partial charge in [-0.15, -0.1) is 0 Å². The fourth-order valence-electron chi connectivity index (χ4n) is 1.73. The predicted octanol–water partition coefficient (Wildman–Crippen LogP) is 2.96. The monoisotopic (exact) mass is 246 g/mol. The Balaban J connectivity index is 2.62. The van der Waals surface area contributed by atoms with Crippen LogP contribution in [0.3, 0.4) is 0 Å². The highest BCUT2D eigenvalue weighted by Gasteiger charge is 2.13. The molecule has 1 N–H and O–H groups in total. The SMILES string of the molecule is CCCC(C#N)CC(=O)Nc1ccccc1OC. The van der Waals surface area contributed by atoms with Gasteiger partial charge in [0, 0.05) is 6.42 Å². The molecule has 0 spiro atoms. The summed E-state index contributed by atoms with van der Waals surface area (Å²) >= 11 is 0. The molecule has 0 aliphatic carbocycles. The lowest BCUT2D eigenvalue weighted by Gasteiger charge is -2.11. The van der Waals surface area contributed by atoms with Crippen molar-refractivity contribution in [1.82, 2.24) is 0 Å². The number of ether oxygens (including phenoxy) is 1. The van der Waals surface area contributed by atoms with E-state index < -0.39 is 0 Å². The molecular formula is C14H18N2O2. The quantitative estimate of drug-likeness (QED) is 0.839. The van der Waals surface area contributed by atoms with Crippen molar-refractivity contribution in [2.45, 2.75) is 26.2 Å². The standard InChI is InChI=1S/C14H18N2O2/c1-3-6-11(10-15)9-14(17)16-12-7-4-5-8-13(12)18-2/h4-5,7-8,11H,3,6,9H2,1-2H3,(H,16,17). The minimum Gasteiger partial charge on any atom is -0.495 e. The Hall–Kier alpha value is -2.02. The molecule has 1 aromatic carbocycles. The van der Waals surface area contributed by atoms with E-state index in [0.717, 1.165) is 12.8 Å². The molecule has 0 radical (unpaired) electrons. The number of nitrogens with zero attached hydrogens (tertiary/aromatic N) is 1.